The van der Waals surface area contributed by atoms with Crippen LogP contribution in [0.5, 0.6) is 5.75 Å². The van der Waals surface area contributed by atoms with Crippen molar-refractivity contribution in [3.8, 4) is 5.75 Å². The largest absolute Gasteiger partial charge is 0.508 e. The highest BCUT2D eigenvalue weighted by molar-refractivity contribution is 5.99. The van der Waals surface area contributed by atoms with Gasteiger partial charge in [-0.25, -0.2) is 0 Å². The average Bonchev–Trinajstić information content (AvgIpc) is 3.11. The first-order chi connectivity index (χ1) is 8.81. The molecule has 2 N–H and O–H groups in total. The van der Waals surface area contributed by atoms with E-state index in [1.807, 2.05) is 13.8 Å². The SMILES string of the molecule is CC(C)(NC(=O)c1cc(O)ccc1[N+](=O)[O-])C1CC1. The molecule has 0 saturated heterocycles. The van der Waals surface area contributed by atoms with Crippen LogP contribution in [0.1, 0.15) is 37.0 Å². The number of carbonyl (C=O) groups is 1. The molecule has 1 fully saturated rings. The van der Waals surface area contributed by atoms with E-state index >= 15 is 0 Å². The van der Waals surface area contributed by atoms with Crippen LogP contribution in [0.25, 0.3) is 0 Å². The lowest BCUT2D eigenvalue weighted by Crippen LogP contribution is -2.45. The third-order valence-corrected chi connectivity index (χ3v) is 3.46. The van der Waals surface area contributed by atoms with Gasteiger partial charge in [-0.1, -0.05) is 0 Å². The number of amides is 1. The molecule has 0 spiro atoms. The van der Waals surface area contributed by atoms with Gasteiger partial charge < -0.3 is 10.4 Å². The van der Waals surface area contributed by atoms with E-state index in [1.165, 1.54) is 6.07 Å². The zero-order valence-corrected chi connectivity index (χ0v) is 10.8. The standard InChI is InChI=1S/C13H16N2O4/c1-13(2,8-3-4-8)14-12(17)10-7-9(16)5-6-11(10)15(18)19/h5-8,16H,3-4H2,1-2H3,(H,14,17). The van der Waals surface area contributed by atoms with E-state index in [2.05, 4.69) is 5.32 Å². The van der Waals surface area contributed by atoms with E-state index in [9.17, 15) is 20.0 Å². The van der Waals surface area contributed by atoms with Crippen LogP contribution in [-0.2, 0) is 0 Å². The van der Waals surface area contributed by atoms with E-state index in [1.54, 1.807) is 0 Å². The first kappa shape index (κ1) is 13.3. The summed E-state index contributed by atoms with van der Waals surface area (Å²) < 4.78 is 0. The molecule has 1 aromatic rings. The van der Waals surface area contributed by atoms with Gasteiger partial charge >= 0.3 is 0 Å². The zero-order valence-electron chi connectivity index (χ0n) is 10.8. The number of nitro groups is 1. The number of carbonyl (C=O) groups excluding carboxylic acids is 1. The summed E-state index contributed by atoms with van der Waals surface area (Å²) >= 11 is 0. The molecule has 2 rings (SSSR count). The Labute approximate surface area is 110 Å². The lowest BCUT2D eigenvalue weighted by atomic mass is 9.98. The third-order valence-electron chi connectivity index (χ3n) is 3.46. The van der Waals surface area contributed by atoms with Crippen molar-refractivity contribution >= 4 is 11.6 Å². The molecular formula is C13H16N2O4. The summed E-state index contributed by atoms with van der Waals surface area (Å²) in [6.45, 7) is 3.80. The molecule has 0 bridgehead atoms. The summed E-state index contributed by atoms with van der Waals surface area (Å²) in [5.74, 6) is -0.285. The molecule has 19 heavy (non-hydrogen) atoms. The van der Waals surface area contributed by atoms with Gasteiger partial charge in [0.1, 0.15) is 11.3 Å². The van der Waals surface area contributed by atoms with Crippen molar-refractivity contribution in [3.05, 3.63) is 33.9 Å². The fraction of sp³-hybridized carbons (Fsp3) is 0.462. The predicted octanol–water partition coefficient (Wildman–Crippen LogP) is 2.22. The minimum atomic E-state index is -0.627. The minimum Gasteiger partial charge on any atom is -0.508 e. The summed E-state index contributed by atoms with van der Waals surface area (Å²) in [5.41, 5.74) is -0.809. The van der Waals surface area contributed by atoms with Crippen LogP contribution in [-0.4, -0.2) is 21.5 Å². The Hall–Kier alpha value is -2.11. The van der Waals surface area contributed by atoms with Crippen molar-refractivity contribution in [3.63, 3.8) is 0 Å². The molecule has 6 heteroatoms. The summed E-state index contributed by atoms with van der Waals surface area (Å²) in [4.78, 5) is 22.4. The summed E-state index contributed by atoms with van der Waals surface area (Å²) in [6, 6.07) is 3.45. The number of nitrogens with one attached hydrogen (secondary N) is 1. The molecule has 0 heterocycles. The van der Waals surface area contributed by atoms with E-state index in [4.69, 9.17) is 0 Å². The number of nitro benzene ring substituents is 1. The molecule has 0 atom stereocenters. The lowest BCUT2D eigenvalue weighted by molar-refractivity contribution is -0.385. The second kappa shape index (κ2) is 4.53. The van der Waals surface area contributed by atoms with Crippen LogP contribution in [0.15, 0.2) is 18.2 Å². The predicted molar refractivity (Wildman–Crippen MR) is 69.0 cm³/mol. The van der Waals surface area contributed by atoms with Gasteiger partial charge in [0.25, 0.3) is 11.6 Å². The smallest absolute Gasteiger partial charge is 0.282 e. The monoisotopic (exact) mass is 264 g/mol. The van der Waals surface area contributed by atoms with Crippen LogP contribution in [0.3, 0.4) is 0 Å². The number of phenols is 1. The van der Waals surface area contributed by atoms with Crippen LogP contribution in [0.2, 0.25) is 0 Å². The Bertz CT molecular complexity index is 535. The highest BCUT2D eigenvalue weighted by Gasteiger charge is 2.39. The maximum absolute atomic E-state index is 12.1. The van der Waals surface area contributed by atoms with Crippen molar-refractivity contribution in [2.75, 3.05) is 0 Å². The van der Waals surface area contributed by atoms with Crippen LogP contribution in [0.4, 0.5) is 5.69 Å². The minimum absolute atomic E-state index is 0.112. The molecule has 1 saturated carbocycles. The molecule has 1 aromatic carbocycles. The Morgan fingerprint density at radius 1 is 1.47 bits per heavy atom. The molecule has 0 radical (unpaired) electrons. The van der Waals surface area contributed by atoms with E-state index in [0.717, 1.165) is 25.0 Å². The fourth-order valence-electron chi connectivity index (χ4n) is 2.13. The molecule has 0 aliphatic heterocycles. The first-order valence-corrected chi connectivity index (χ1v) is 6.11. The Morgan fingerprint density at radius 2 is 2.11 bits per heavy atom. The molecule has 1 amide bonds. The molecular weight excluding hydrogens is 248 g/mol. The summed E-state index contributed by atoms with van der Waals surface area (Å²) in [6.07, 6.45) is 2.10. The van der Waals surface area contributed by atoms with Gasteiger partial charge in [0.2, 0.25) is 0 Å². The maximum Gasteiger partial charge on any atom is 0.282 e. The number of hydrogen-bond acceptors (Lipinski definition) is 4. The first-order valence-electron chi connectivity index (χ1n) is 6.11. The van der Waals surface area contributed by atoms with Crippen LogP contribution < -0.4 is 5.32 Å². The summed E-state index contributed by atoms with van der Waals surface area (Å²) in [7, 11) is 0. The lowest BCUT2D eigenvalue weighted by Gasteiger charge is -2.26. The Kier molecular flexibility index (Phi) is 3.18. The van der Waals surface area contributed by atoms with Crippen molar-refractivity contribution in [1.82, 2.24) is 5.32 Å². The van der Waals surface area contributed by atoms with E-state index < -0.39 is 16.4 Å². The highest BCUT2D eigenvalue weighted by atomic mass is 16.6. The molecule has 102 valence electrons. The number of aromatic hydroxyl groups is 1. The van der Waals surface area contributed by atoms with Gasteiger partial charge in [-0.3, -0.25) is 14.9 Å². The van der Waals surface area contributed by atoms with E-state index in [0.29, 0.717) is 5.92 Å². The number of phenolic OH excluding ortho intramolecular Hbond substituents is 1. The van der Waals surface area contributed by atoms with Crippen LogP contribution in [0, 0.1) is 16.0 Å². The topological polar surface area (TPSA) is 92.5 Å². The third kappa shape index (κ3) is 2.83. The average molecular weight is 264 g/mol. The molecule has 6 nitrogen and oxygen atoms in total. The van der Waals surface area contributed by atoms with Gasteiger partial charge in [0.15, 0.2) is 0 Å². The fourth-order valence-corrected chi connectivity index (χ4v) is 2.13. The van der Waals surface area contributed by atoms with Crippen LogP contribution >= 0.6 is 0 Å². The molecule has 1 aliphatic rings. The van der Waals surface area contributed by atoms with Crippen molar-refractivity contribution < 1.29 is 14.8 Å². The molecule has 1 aliphatic carbocycles. The number of benzene rings is 1. The summed E-state index contributed by atoms with van der Waals surface area (Å²) in [5, 5.41) is 23.1. The molecule has 0 aromatic heterocycles. The second-order valence-corrected chi connectivity index (χ2v) is 5.41. The highest BCUT2D eigenvalue weighted by Crippen LogP contribution is 2.39. The Morgan fingerprint density at radius 3 is 2.63 bits per heavy atom. The van der Waals surface area contributed by atoms with E-state index in [-0.39, 0.29) is 17.0 Å². The van der Waals surface area contributed by atoms with Crippen molar-refractivity contribution in [2.24, 2.45) is 5.92 Å². The van der Waals surface area contributed by atoms with Gasteiger partial charge in [0, 0.05) is 11.6 Å². The zero-order chi connectivity index (χ0) is 14.2. The number of rotatable bonds is 4. The number of nitrogens with zero attached hydrogens (tertiary/aromatic N) is 1. The Balaban J connectivity index is 2.27. The second-order valence-electron chi connectivity index (χ2n) is 5.41. The quantitative estimate of drug-likeness (QED) is 0.644. The normalized spacial score (nSPS) is 15.1. The maximum atomic E-state index is 12.1. The van der Waals surface area contributed by atoms with Gasteiger partial charge in [0.05, 0.1) is 4.92 Å². The van der Waals surface area contributed by atoms with Gasteiger partial charge in [-0.2, -0.15) is 0 Å². The molecule has 0 unspecified atom stereocenters. The van der Waals surface area contributed by atoms with Gasteiger partial charge in [-0.15, -0.1) is 0 Å². The van der Waals surface area contributed by atoms with Crippen molar-refractivity contribution in [1.29, 1.82) is 0 Å². The van der Waals surface area contributed by atoms with Gasteiger partial charge in [-0.05, 0) is 44.7 Å². The number of hydrogen-bond donors (Lipinski definition) is 2. The van der Waals surface area contributed by atoms with Crippen molar-refractivity contribution in [2.45, 2.75) is 32.2 Å².